The molecule has 8 nitrogen and oxygen atoms in total. The lowest BCUT2D eigenvalue weighted by Crippen LogP contribution is -2.38. The van der Waals surface area contributed by atoms with Crippen LogP contribution >= 0.6 is 11.6 Å². The van der Waals surface area contributed by atoms with Crippen LogP contribution in [0.4, 0.5) is 8.78 Å². The molecule has 0 spiro atoms. The van der Waals surface area contributed by atoms with Crippen molar-refractivity contribution in [3.05, 3.63) is 82.2 Å². The lowest BCUT2D eigenvalue weighted by atomic mass is 9.66. The van der Waals surface area contributed by atoms with Crippen LogP contribution in [0.25, 0.3) is 17.1 Å². The zero-order chi connectivity index (χ0) is 27.7. The lowest BCUT2D eigenvalue weighted by molar-refractivity contribution is 0.242. The van der Waals surface area contributed by atoms with Gasteiger partial charge in [-0.2, -0.15) is 5.10 Å². The van der Waals surface area contributed by atoms with Crippen molar-refractivity contribution in [3.63, 3.8) is 0 Å². The fourth-order valence-corrected chi connectivity index (χ4v) is 7.29. The van der Waals surface area contributed by atoms with Crippen molar-refractivity contribution in [1.82, 2.24) is 29.9 Å². The summed E-state index contributed by atoms with van der Waals surface area (Å²) in [6.45, 7) is 4.28. The minimum absolute atomic E-state index is 0.00420. The summed E-state index contributed by atoms with van der Waals surface area (Å²) in [4.78, 5) is 9.20. The van der Waals surface area contributed by atoms with Crippen molar-refractivity contribution in [2.45, 2.75) is 44.4 Å². The number of fused-ring (bicyclic) bond motifs is 5. The van der Waals surface area contributed by atoms with E-state index in [0.717, 1.165) is 24.1 Å². The van der Waals surface area contributed by atoms with Gasteiger partial charge in [-0.3, -0.25) is 0 Å². The summed E-state index contributed by atoms with van der Waals surface area (Å²) in [7, 11) is -3.14. The molecule has 2 atom stereocenters. The van der Waals surface area contributed by atoms with Crippen molar-refractivity contribution in [1.29, 1.82) is 0 Å². The van der Waals surface area contributed by atoms with Gasteiger partial charge in [0.1, 0.15) is 33.5 Å². The van der Waals surface area contributed by atoms with Gasteiger partial charge in [-0.25, -0.2) is 31.8 Å². The van der Waals surface area contributed by atoms with Crippen LogP contribution < -0.4 is 0 Å². The number of sulfone groups is 1. The topological polar surface area (TPSA) is 104 Å². The third-order valence-corrected chi connectivity index (χ3v) is 9.65. The second-order valence-corrected chi connectivity index (χ2v) is 13.4. The third kappa shape index (κ3) is 3.88. The van der Waals surface area contributed by atoms with Gasteiger partial charge in [0.25, 0.3) is 0 Å². The molecule has 3 heterocycles. The molecule has 1 saturated carbocycles. The van der Waals surface area contributed by atoms with Gasteiger partial charge in [-0.15, -0.1) is 10.2 Å². The molecule has 0 N–H and O–H groups in total. The van der Waals surface area contributed by atoms with E-state index < -0.39 is 26.9 Å². The Balaban J connectivity index is 1.45. The first kappa shape index (κ1) is 25.9. The Hall–Kier alpha value is -3.31. The second-order valence-electron chi connectivity index (χ2n) is 10.8. The SMILES string of the molecule is CC1(C)[C@H]2CC[C@]1(c1cccc(-n3cnc(CCS(C)(=O)=O)n3)n1)c1nnc(-c3c(F)cccc3F)c(Cl)c12. The van der Waals surface area contributed by atoms with Gasteiger partial charge < -0.3 is 0 Å². The number of pyridine rings is 1. The van der Waals surface area contributed by atoms with E-state index in [1.807, 2.05) is 12.1 Å². The van der Waals surface area contributed by atoms with Crippen LogP contribution in [-0.4, -0.2) is 50.4 Å². The molecule has 2 bridgehead atoms. The number of benzene rings is 1. The molecule has 4 aromatic rings. The molecule has 0 unspecified atom stereocenters. The molecule has 0 amide bonds. The molecule has 202 valence electrons. The van der Waals surface area contributed by atoms with Gasteiger partial charge >= 0.3 is 0 Å². The van der Waals surface area contributed by atoms with E-state index in [2.05, 4.69) is 34.1 Å². The molecule has 0 aliphatic heterocycles. The molecule has 12 heteroatoms. The molecular weight excluding hydrogens is 546 g/mol. The van der Waals surface area contributed by atoms with E-state index in [1.165, 1.54) is 35.5 Å². The average Bonchev–Trinajstić information content (AvgIpc) is 3.52. The highest BCUT2D eigenvalue weighted by Gasteiger charge is 2.65. The highest BCUT2D eigenvalue weighted by molar-refractivity contribution is 7.90. The molecule has 0 radical (unpaired) electrons. The number of hydrogen-bond donors (Lipinski definition) is 0. The van der Waals surface area contributed by atoms with E-state index >= 15 is 0 Å². The van der Waals surface area contributed by atoms with Crippen LogP contribution in [-0.2, 0) is 21.7 Å². The Kier molecular flexibility index (Phi) is 5.89. The zero-order valence-electron chi connectivity index (χ0n) is 21.5. The largest absolute Gasteiger partial charge is 0.233 e. The summed E-state index contributed by atoms with van der Waals surface area (Å²) >= 11 is 6.87. The smallest absolute Gasteiger partial charge is 0.155 e. The monoisotopic (exact) mass is 570 g/mol. The molecule has 3 aromatic heterocycles. The van der Waals surface area contributed by atoms with Crippen LogP contribution in [0.1, 0.15) is 55.4 Å². The van der Waals surface area contributed by atoms with Gasteiger partial charge in [0.15, 0.2) is 11.6 Å². The first-order chi connectivity index (χ1) is 18.4. The van der Waals surface area contributed by atoms with E-state index in [-0.39, 0.29) is 39.8 Å². The lowest BCUT2D eigenvalue weighted by Gasteiger charge is -2.37. The quantitative estimate of drug-likeness (QED) is 0.327. The molecule has 2 aliphatic carbocycles. The molecule has 6 rings (SSSR count). The molecule has 39 heavy (non-hydrogen) atoms. The van der Waals surface area contributed by atoms with Crippen LogP contribution in [0.2, 0.25) is 5.02 Å². The maximum Gasteiger partial charge on any atom is 0.155 e. The Labute approximate surface area is 229 Å². The highest BCUT2D eigenvalue weighted by atomic mass is 35.5. The summed E-state index contributed by atoms with van der Waals surface area (Å²) in [5.41, 5.74) is 0.902. The fraction of sp³-hybridized carbons (Fsp3) is 0.370. The molecule has 1 aromatic carbocycles. The van der Waals surface area contributed by atoms with Crippen molar-refractivity contribution >= 4 is 21.4 Å². The van der Waals surface area contributed by atoms with E-state index in [4.69, 9.17) is 16.6 Å². The minimum atomic E-state index is -3.14. The number of aromatic nitrogens is 6. The van der Waals surface area contributed by atoms with Crippen LogP contribution in [0.3, 0.4) is 0 Å². The molecule has 0 saturated heterocycles. The summed E-state index contributed by atoms with van der Waals surface area (Å²) < 4.78 is 53.9. The van der Waals surface area contributed by atoms with Gasteiger partial charge in [0.2, 0.25) is 0 Å². The van der Waals surface area contributed by atoms with Crippen LogP contribution in [0.5, 0.6) is 0 Å². The third-order valence-electron chi connectivity index (χ3n) is 8.32. The standard InChI is InChI=1S/C27H25ClF2N6O2S/c1-26(2)15-10-12-27(26,25-21(15)23(28)24(33-34-25)22-16(29)6-4-7-17(22)30)18-8-5-9-20(32-18)36-14-31-19(35-36)11-13-39(3,37)38/h4-9,14-15H,10-13H2,1-3H3/t15-,27-/m0/s1. The van der Waals surface area contributed by atoms with Crippen LogP contribution in [0.15, 0.2) is 42.7 Å². The Morgan fingerprint density at radius 3 is 2.54 bits per heavy atom. The minimum Gasteiger partial charge on any atom is -0.233 e. The van der Waals surface area contributed by atoms with Gasteiger partial charge in [-0.1, -0.05) is 37.6 Å². The Morgan fingerprint density at radius 1 is 1.10 bits per heavy atom. The first-order valence-electron chi connectivity index (χ1n) is 12.5. The normalized spacial score (nSPS) is 21.3. The number of hydrogen-bond acceptors (Lipinski definition) is 7. The maximum absolute atomic E-state index is 14.6. The van der Waals surface area contributed by atoms with Gasteiger partial charge in [0, 0.05) is 18.2 Å². The molecular formula is C27H25ClF2N6O2S. The molecule has 1 fully saturated rings. The number of nitrogens with zero attached hydrogens (tertiary/aromatic N) is 6. The average molecular weight is 571 g/mol. The van der Waals surface area contributed by atoms with E-state index in [9.17, 15) is 17.2 Å². The van der Waals surface area contributed by atoms with Crippen molar-refractivity contribution in [2.24, 2.45) is 5.41 Å². The second kappa shape index (κ2) is 8.85. The highest BCUT2D eigenvalue weighted by Crippen LogP contribution is 2.70. The van der Waals surface area contributed by atoms with E-state index in [0.29, 0.717) is 17.3 Å². The van der Waals surface area contributed by atoms with Crippen molar-refractivity contribution < 1.29 is 17.2 Å². The van der Waals surface area contributed by atoms with Crippen LogP contribution in [0, 0.1) is 17.0 Å². The maximum atomic E-state index is 14.6. The van der Waals surface area contributed by atoms with Gasteiger partial charge in [-0.05, 0) is 48.4 Å². The first-order valence-corrected chi connectivity index (χ1v) is 14.9. The van der Waals surface area contributed by atoms with Crippen molar-refractivity contribution in [2.75, 3.05) is 12.0 Å². The summed E-state index contributed by atoms with van der Waals surface area (Å²) in [5.74, 6) is -0.620. The summed E-state index contributed by atoms with van der Waals surface area (Å²) in [6.07, 6.45) is 4.45. The predicted octanol–water partition coefficient (Wildman–Crippen LogP) is 4.84. The fourth-order valence-electron chi connectivity index (χ4n) is 6.38. The predicted molar refractivity (Wildman–Crippen MR) is 141 cm³/mol. The number of aryl methyl sites for hydroxylation is 1. The Bertz CT molecular complexity index is 1720. The number of halogens is 3. The van der Waals surface area contributed by atoms with Crippen molar-refractivity contribution in [3.8, 4) is 17.1 Å². The van der Waals surface area contributed by atoms with E-state index in [1.54, 1.807) is 6.07 Å². The van der Waals surface area contributed by atoms with Gasteiger partial charge in [0.05, 0.1) is 33.1 Å². The summed E-state index contributed by atoms with van der Waals surface area (Å²) in [6, 6.07) is 9.26. The Morgan fingerprint density at radius 2 is 1.82 bits per heavy atom. The summed E-state index contributed by atoms with van der Waals surface area (Å²) in [5, 5.41) is 13.5. The zero-order valence-corrected chi connectivity index (χ0v) is 23.1. The molecule has 2 aliphatic rings. The number of rotatable bonds is 6.